The zero-order valence-electron chi connectivity index (χ0n) is 14.4. The molecule has 0 bridgehead atoms. The molecule has 0 unspecified atom stereocenters. The first-order valence-corrected chi connectivity index (χ1v) is 8.24. The lowest BCUT2D eigenvalue weighted by molar-refractivity contribution is 0.0497. The number of amides is 1. The number of benzene rings is 1. The lowest BCUT2D eigenvalue weighted by Crippen LogP contribution is -2.53. The standard InChI is InChI=1S/C19H22N4O/c1-14-10-15(2)23(21-14)12-16-6-4-7-17(11-16)18(24)22(3)19(13-20)8-5-9-19/h4,6-7,10-11H,5,8-9,12H2,1-3H3. The van der Waals surface area contributed by atoms with E-state index in [0.717, 1.165) is 36.2 Å². The van der Waals surface area contributed by atoms with E-state index in [1.807, 2.05) is 48.9 Å². The zero-order valence-corrected chi connectivity index (χ0v) is 14.4. The van der Waals surface area contributed by atoms with Crippen LogP contribution >= 0.6 is 0 Å². The maximum Gasteiger partial charge on any atom is 0.254 e. The zero-order chi connectivity index (χ0) is 17.3. The van der Waals surface area contributed by atoms with Crippen LogP contribution in [0.15, 0.2) is 30.3 Å². The first kappa shape index (κ1) is 16.3. The van der Waals surface area contributed by atoms with E-state index in [1.54, 1.807) is 11.9 Å². The van der Waals surface area contributed by atoms with Crippen LogP contribution in [0.4, 0.5) is 0 Å². The molecule has 1 fully saturated rings. The molecule has 0 radical (unpaired) electrons. The van der Waals surface area contributed by atoms with Crippen LogP contribution in [0.3, 0.4) is 0 Å². The molecule has 0 saturated heterocycles. The van der Waals surface area contributed by atoms with Gasteiger partial charge in [0.1, 0.15) is 5.54 Å². The van der Waals surface area contributed by atoms with Crippen molar-refractivity contribution in [2.75, 3.05) is 7.05 Å². The monoisotopic (exact) mass is 322 g/mol. The third-order valence-electron chi connectivity index (χ3n) is 4.95. The molecule has 0 N–H and O–H groups in total. The van der Waals surface area contributed by atoms with Crippen molar-refractivity contribution >= 4 is 5.91 Å². The van der Waals surface area contributed by atoms with Gasteiger partial charge in [-0.1, -0.05) is 12.1 Å². The summed E-state index contributed by atoms with van der Waals surface area (Å²) in [7, 11) is 1.73. The van der Waals surface area contributed by atoms with Gasteiger partial charge in [0.2, 0.25) is 0 Å². The molecular formula is C19H22N4O. The summed E-state index contributed by atoms with van der Waals surface area (Å²) in [5.74, 6) is -0.0912. The minimum atomic E-state index is -0.622. The highest BCUT2D eigenvalue weighted by atomic mass is 16.2. The topological polar surface area (TPSA) is 61.9 Å². The lowest BCUT2D eigenvalue weighted by Gasteiger charge is -2.42. The molecule has 0 spiro atoms. The Morgan fingerprint density at radius 3 is 2.67 bits per heavy atom. The number of nitrogens with zero attached hydrogens (tertiary/aromatic N) is 4. The van der Waals surface area contributed by atoms with E-state index in [4.69, 9.17) is 0 Å². The van der Waals surface area contributed by atoms with Crippen LogP contribution in [-0.2, 0) is 6.54 Å². The van der Waals surface area contributed by atoms with Crippen LogP contribution in [0.1, 0.15) is 46.6 Å². The summed E-state index contributed by atoms with van der Waals surface area (Å²) in [5, 5.41) is 13.9. The average molecular weight is 322 g/mol. The smallest absolute Gasteiger partial charge is 0.254 e. The number of hydrogen-bond acceptors (Lipinski definition) is 3. The van der Waals surface area contributed by atoms with Crippen molar-refractivity contribution in [1.29, 1.82) is 5.26 Å². The summed E-state index contributed by atoms with van der Waals surface area (Å²) in [6.07, 6.45) is 2.53. The molecule has 0 atom stereocenters. The fraction of sp³-hybridized carbons (Fsp3) is 0.421. The second kappa shape index (κ2) is 6.12. The molecule has 1 aliphatic carbocycles. The Morgan fingerprint density at radius 1 is 1.38 bits per heavy atom. The quantitative estimate of drug-likeness (QED) is 0.869. The van der Waals surface area contributed by atoms with E-state index in [2.05, 4.69) is 11.2 Å². The predicted molar refractivity (Wildman–Crippen MR) is 91.5 cm³/mol. The van der Waals surface area contributed by atoms with E-state index in [9.17, 15) is 10.1 Å². The van der Waals surface area contributed by atoms with Crippen LogP contribution in [0.5, 0.6) is 0 Å². The average Bonchev–Trinajstić information content (AvgIpc) is 2.84. The Balaban J connectivity index is 1.81. The van der Waals surface area contributed by atoms with Gasteiger partial charge in [0.05, 0.1) is 18.3 Å². The third kappa shape index (κ3) is 2.80. The van der Waals surface area contributed by atoms with Gasteiger partial charge in [-0.2, -0.15) is 10.4 Å². The normalized spacial score (nSPS) is 15.4. The molecule has 1 aliphatic rings. The molecule has 2 aromatic rings. The van der Waals surface area contributed by atoms with Gasteiger partial charge in [0, 0.05) is 18.3 Å². The van der Waals surface area contributed by atoms with E-state index < -0.39 is 5.54 Å². The summed E-state index contributed by atoms with van der Waals surface area (Å²) in [6, 6.07) is 12.0. The van der Waals surface area contributed by atoms with Gasteiger partial charge in [-0.3, -0.25) is 9.48 Å². The fourth-order valence-electron chi connectivity index (χ4n) is 3.23. The Kier molecular flexibility index (Phi) is 4.15. The first-order chi connectivity index (χ1) is 11.4. The Morgan fingerprint density at radius 2 is 2.12 bits per heavy atom. The van der Waals surface area contributed by atoms with E-state index in [1.165, 1.54) is 0 Å². The number of aromatic nitrogens is 2. The van der Waals surface area contributed by atoms with E-state index in [0.29, 0.717) is 12.1 Å². The van der Waals surface area contributed by atoms with Crippen LogP contribution in [0.2, 0.25) is 0 Å². The van der Waals surface area contributed by atoms with Gasteiger partial charge in [0.15, 0.2) is 0 Å². The molecule has 3 rings (SSSR count). The van der Waals surface area contributed by atoms with Crippen molar-refractivity contribution in [3.05, 3.63) is 52.8 Å². The maximum atomic E-state index is 12.8. The van der Waals surface area contributed by atoms with E-state index >= 15 is 0 Å². The van der Waals surface area contributed by atoms with Crippen LogP contribution in [-0.4, -0.2) is 33.2 Å². The number of hydrogen-bond donors (Lipinski definition) is 0. The molecule has 124 valence electrons. The van der Waals surface area contributed by atoms with Crippen molar-refractivity contribution in [2.45, 2.75) is 45.2 Å². The molecule has 1 amide bonds. The fourth-order valence-corrected chi connectivity index (χ4v) is 3.23. The minimum absolute atomic E-state index is 0.0912. The van der Waals surface area contributed by atoms with Gasteiger partial charge in [-0.25, -0.2) is 0 Å². The summed E-state index contributed by atoms with van der Waals surface area (Å²) in [6.45, 7) is 4.63. The summed E-state index contributed by atoms with van der Waals surface area (Å²) >= 11 is 0. The molecule has 0 aliphatic heterocycles. The molecule has 1 saturated carbocycles. The molecule has 5 nitrogen and oxygen atoms in total. The second-order valence-corrected chi connectivity index (χ2v) is 6.65. The highest BCUT2D eigenvalue weighted by Gasteiger charge is 2.43. The largest absolute Gasteiger partial charge is 0.323 e. The number of rotatable bonds is 4. The Labute approximate surface area is 142 Å². The molecule has 1 heterocycles. The maximum absolute atomic E-state index is 12.8. The van der Waals surface area contributed by atoms with Gasteiger partial charge in [-0.15, -0.1) is 0 Å². The van der Waals surface area contributed by atoms with Crippen molar-refractivity contribution < 1.29 is 4.79 Å². The number of nitriles is 1. The number of carbonyl (C=O) groups excluding carboxylic acids is 1. The van der Waals surface area contributed by atoms with Crippen molar-refractivity contribution in [3.8, 4) is 6.07 Å². The van der Waals surface area contributed by atoms with Gasteiger partial charge in [0.25, 0.3) is 5.91 Å². The van der Waals surface area contributed by atoms with Crippen LogP contribution in [0.25, 0.3) is 0 Å². The van der Waals surface area contributed by atoms with Crippen molar-refractivity contribution in [3.63, 3.8) is 0 Å². The van der Waals surface area contributed by atoms with Gasteiger partial charge >= 0.3 is 0 Å². The summed E-state index contributed by atoms with van der Waals surface area (Å²) in [4.78, 5) is 14.4. The van der Waals surface area contributed by atoms with Crippen molar-refractivity contribution in [2.24, 2.45) is 0 Å². The lowest BCUT2D eigenvalue weighted by atomic mass is 9.76. The highest BCUT2D eigenvalue weighted by molar-refractivity contribution is 5.95. The molecular weight excluding hydrogens is 300 g/mol. The van der Waals surface area contributed by atoms with Gasteiger partial charge in [-0.05, 0) is 56.9 Å². The van der Waals surface area contributed by atoms with Crippen LogP contribution < -0.4 is 0 Å². The number of aryl methyl sites for hydroxylation is 2. The van der Waals surface area contributed by atoms with Gasteiger partial charge < -0.3 is 4.90 Å². The van der Waals surface area contributed by atoms with Crippen molar-refractivity contribution in [1.82, 2.24) is 14.7 Å². The molecule has 24 heavy (non-hydrogen) atoms. The number of carbonyl (C=O) groups is 1. The second-order valence-electron chi connectivity index (χ2n) is 6.65. The molecule has 1 aromatic heterocycles. The SMILES string of the molecule is Cc1cc(C)n(Cc2cccc(C(=O)N(C)C3(C#N)CCC3)c2)n1. The van der Waals surface area contributed by atoms with E-state index in [-0.39, 0.29) is 5.91 Å². The minimum Gasteiger partial charge on any atom is -0.323 e. The Bertz CT molecular complexity index is 811. The third-order valence-corrected chi connectivity index (χ3v) is 4.95. The molecule has 1 aromatic carbocycles. The first-order valence-electron chi connectivity index (χ1n) is 8.24. The summed E-state index contributed by atoms with van der Waals surface area (Å²) < 4.78 is 1.94. The Hall–Kier alpha value is -2.61. The predicted octanol–water partition coefficient (Wildman–Crippen LogP) is 3.07. The highest BCUT2D eigenvalue weighted by Crippen LogP contribution is 2.37. The molecule has 5 heteroatoms. The summed E-state index contributed by atoms with van der Waals surface area (Å²) in [5.41, 5.74) is 3.11. The van der Waals surface area contributed by atoms with Crippen LogP contribution in [0, 0.1) is 25.2 Å².